The zero-order chi connectivity index (χ0) is 14.3. The molecule has 0 bridgehead atoms. The third-order valence-electron chi connectivity index (χ3n) is 3.40. The SMILES string of the molecule is Cc1cc(CN2CCc3cc(S(N)(=O)=O)ccc32)no1. The molecule has 20 heavy (non-hydrogen) atoms. The number of nitrogens with two attached hydrogens (primary N) is 1. The molecule has 0 aliphatic carbocycles. The summed E-state index contributed by atoms with van der Waals surface area (Å²) < 4.78 is 27.8. The van der Waals surface area contributed by atoms with Crippen molar-refractivity contribution in [2.24, 2.45) is 5.14 Å². The van der Waals surface area contributed by atoms with Gasteiger partial charge in [-0.05, 0) is 37.1 Å². The van der Waals surface area contributed by atoms with E-state index in [1.165, 1.54) is 0 Å². The van der Waals surface area contributed by atoms with E-state index in [1.807, 2.05) is 13.0 Å². The summed E-state index contributed by atoms with van der Waals surface area (Å²) in [7, 11) is -3.64. The lowest BCUT2D eigenvalue weighted by Gasteiger charge is -2.17. The van der Waals surface area contributed by atoms with Crippen LogP contribution in [0.25, 0.3) is 0 Å². The van der Waals surface area contributed by atoms with E-state index in [-0.39, 0.29) is 4.90 Å². The molecule has 0 amide bonds. The van der Waals surface area contributed by atoms with E-state index in [0.717, 1.165) is 35.7 Å². The summed E-state index contributed by atoms with van der Waals surface area (Å²) in [6.45, 7) is 3.33. The van der Waals surface area contributed by atoms with Crippen LogP contribution < -0.4 is 10.0 Å². The average Bonchev–Trinajstić information content (AvgIpc) is 2.95. The quantitative estimate of drug-likeness (QED) is 0.918. The summed E-state index contributed by atoms with van der Waals surface area (Å²) in [5.74, 6) is 0.781. The number of hydrogen-bond donors (Lipinski definition) is 1. The highest BCUT2D eigenvalue weighted by Gasteiger charge is 2.22. The van der Waals surface area contributed by atoms with Gasteiger partial charge in [-0.3, -0.25) is 0 Å². The summed E-state index contributed by atoms with van der Waals surface area (Å²) in [4.78, 5) is 2.31. The summed E-state index contributed by atoms with van der Waals surface area (Å²) in [6, 6.07) is 6.89. The first-order chi connectivity index (χ1) is 9.43. The Morgan fingerprint density at radius 2 is 2.20 bits per heavy atom. The number of primary sulfonamides is 1. The lowest BCUT2D eigenvalue weighted by molar-refractivity contribution is 0.390. The third kappa shape index (κ3) is 2.41. The normalized spacial score (nSPS) is 14.6. The molecule has 7 heteroatoms. The van der Waals surface area contributed by atoms with Gasteiger partial charge in [0.1, 0.15) is 11.5 Å². The molecule has 1 aromatic carbocycles. The topological polar surface area (TPSA) is 89.4 Å². The zero-order valence-electron chi connectivity index (χ0n) is 11.0. The number of hydrogen-bond acceptors (Lipinski definition) is 5. The van der Waals surface area contributed by atoms with Crippen LogP contribution in [0.15, 0.2) is 33.7 Å². The summed E-state index contributed by atoms with van der Waals surface area (Å²) in [6.07, 6.45) is 0.801. The van der Waals surface area contributed by atoms with Crippen LogP contribution in [0.3, 0.4) is 0 Å². The first-order valence-corrected chi connectivity index (χ1v) is 7.81. The van der Waals surface area contributed by atoms with Crippen molar-refractivity contribution in [2.75, 3.05) is 11.4 Å². The molecule has 1 aliphatic rings. The fourth-order valence-corrected chi connectivity index (χ4v) is 3.04. The molecule has 0 unspecified atom stereocenters. The average molecular weight is 293 g/mol. The van der Waals surface area contributed by atoms with Gasteiger partial charge in [-0.1, -0.05) is 5.16 Å². The molecule has 0 saturated heterocycles. The number of benzene rings is 1. The first kappa shape index (κ1) is 13.1. The van der Waals surface area contributed by atoms with Gasteiger partial charge < -0.3 is 9.42 Å². The van der Waals surface area contributed by atoms with Crippen LogP contribution in [0, 0.1) is 6.92 Å². The van der Waals surface area contributed by atoms with Gasteiger partial charge in [0, 0.05) is 18.3 Å². The van der Waals surface area contributed by atoms with Gasteiger partial charge in [0.2, 0.25) is 10.0 Å². The molecule has 6 nitrogen and oxygen atoms in total. The van der Waals surface area contributed by atoms with Gasteiger partial charge in [-0.15, -0.1) is 0 Å². The van der Waals surface area contributed by atoms with E-state index in [2.05, 4.69) is 10.1 Å². The monoisotopic (exact) mass is 293 g/mol. The molecule has 0 radical (unpaired) electrons. The minimum absolute atomic E-state index is 0.162. The van der Waals surface area contributed by atoms with E-state index in [9.17, 15) is 8.42 Å². The largest absolute Gasteiger partial charge is 0.365 e. The van der Waals surface area contributed by atoms with Crippen molar-refractivity contribution in [3.63, 3.8) is 0 Å². The number of sulfonamides is 1. The maximum absolute atomic E-state index is 11.3. The Kier molecular flexibility index (Phi) is 3.02. The van der Waals surface area contributed by atoms with E-state index in [4.69, 9.17) is 9.66 Å². The maximum atomic E-state index is 11.3. The van der Waals surface area contributed by atoms with Crippen molar-refractivity contribution in [3.8, 4) is 0 Å². The molecule has 2 heterocycles. The van der Waals surface area contributed by atoms with Gasteiger partial charge in [0.05, 0.1) is 11.4 Å². The second kappa shape index (κ2) is 4.60. The van der Waals surface area contributed by atoms with Crippen molar-refractivity contribution >= 4 is 15.7 Å². The second-order valence-electron chi connectivity index (χ2n) is 4.94. The summed E-state index contributed by atoms with van der Waals surface area (Å²) >= 11 is 0. The Morgan fingerprint density at radius 1 is 1.40 bits per heavy atom. The van der Waals surface area contributed by atoms with E-state index < -0.39 is 10.0 Å². The smallest absolute Gasteiger partial charge is 0.238 e. The van der Waals surface area contributed by atoms with Gasteiger partial charge in [-0.25, -0.2) is 13.6 Å². The molecule has 0 atom stereocenters. The Bertz CT molecular complexity index is 752. The minimum Gasteiger partial charge on any atom is -0.365 e. The van der Waals surface area contributed by atoms with Gasteiger partial charge >= 0.3 is 0 Å². The molecule has 0 fully saturated rings. The second-order valence-corrected chi connectivity index (χ2v) is 6.50. The molecule has 106 valence electrons. The molecule has 2 N–H and O–H groups in total. The molecule has 2 aromatic rings. The van der Waals surface area contributed by atoms with Crippen LogP contribution in [0.4, 0.5) is 5.69 Å². The Hall–Kier alpha value is -1.86. The van der Waals surface area contributed by atoms with Gasteiger partial charge in [0.25, 0.3) is 0 Å². The van der Waals surface area contributed by atoms with Crippen LogP contribution >= 0.6 is 0 Å². The number of aryl methyl sites for hydroxylation is 1. The van der Waals surface area contributed by atoms with Crippen LogP contribution in [-0.2, 0) is 23.0 Å². The maximum Gasteiger partial charge on any atom is 0.238 e. The van der Waals surface area contributed by atoms with Crippen LogP contribution in [-0.4, -0.2) is 20.1 Å². The van der Waals surface area contributed by atoms with Gasteiger partial charge in [-0.2, -0.15) is 0 Å². The van der Waals surface area contributed by atoms with Crippen LogP contribution in [0.2, 0.25) is 0 Å². The summed E-state index contributed by atoms with van der Waals surface area (Å²) in [5.41, 5.74) is 2.89. The van der Waals surface area contributed by atoms with Crippen molar-refractivity contribution in [1.29, 1.82) is 0 Å². The molecule has 0 spiro atoms. The number of nitrogens with zero attached hydrogens (tertiary/aromatic N) is 2. The lowest BCUT2D eigenvalue weighted by Crippen LogP contribution is -2.19. The molecule has 3 rings (SSSR count). The molecule has 1 aliphatic heterocycles. The first-order valence-electron chi connectivity index (χ1n) is 6.26. The van der Waals surface area contributed by atoms with Crippen LogP contribution in [0.1, 0.15) is 17.0 Å². The molecule has 0 saturated carbocycles. The van der Waals surface area contributed by atoms with Crippen molar-refractivity contribution in [3.05, 3.63) is 41.3 Å². The standard InChI is InChI=1S/C13H15N3O3S/c1-9-6-11(15-19-9)8-16-5-4-10-7-12(20(14,17)18)2-3-13(10)16/h2-3,6-7H,4-5,8H2,1H3,(H2,14,17,18). The Balaban J connectivity index is 1.87. The third-order valence-corrected chi connectivity index (χ3v) is 4.31. The highest BCUT2D eigenvalue weighted by atomic mass is 32.2. The Labute approximate surface area is 117 Å². The fourth-order valence-electron chi connectivity index (χ4n) is 2.48. The number of fused-ring (bicyclic) bond motifs is 1. The van der Waals surface area contributed by atoms with Gasteiger partial charge in [0.15, 0.2) is 0 Å². The zero-order valence-corrected chi connectivity index (χ0v) is 11.9. The predicted octanol–water partition coefficient (Wildman–Crippen LogP) is 1.19. The van der Waals surface area contributed by atoms with E-state index in [0.29, 0.717) is 6.54 Å². The Morgan fingerprint density at radius 3 is 2.85 bits per heavy atom. The fraction of sp³-hybridized carbons (Fsp3) is 0.308. The van der Waals surface area contributed by atoms with E-state index in [1.54, 1.807) is 18.2 Å². The molecule has 1 aromatic heterocycles. The molecular weight excluding hydrogens is 278 g/mol. The minimum atomic E-state index is -3.64. The lowest BCUT2D eigenvalue weighted by atomic mass is 10.2. The highest BCUT2D eigenvalue weighted by Crippen LogP contribution is 2.30. The van der Waals surface area contributed by atoms with Crippen molar-refractivity contribution < 1.29 is 12.9 Å². The van der Waals surface area contributed by atoms with E-state index >= 15 is 0 Å². The van der Waals surface area contributed by atoms with Crippen molar-refractivity contribution in [2.45, 2.75) is 24.8 Å². The number of rotatable bonds is 3. The molecular formula is C13H15N3O3S. The summed E-state index contributed by atoms with van der Waals surface area (Å²) in [5, 5.41) is 9.12. The number of anilines is 1. The number of aromatic nitrogens is 1. The van der Waals surface area contributed by atoms with Crippen LogP contribution in [0.5, 0.6) is 0 Å². The highest BCUT2D eigenvalue weighted by molar-refractivity contribution is 7.89. The predicted molar refractivity (Wildman–Crippen MR) is 73.8 cm³/mol. The van der Waals surface area contributed by atoms with Crippen molar-refractivity contribution in [1.82, 2.24) is 5.16 Å².